The molecule has 2 aliphatic rings. The number of rotatable bonds is 7. The fraction of sp³-hybridized carbons (Fsp3) is 0.621. The molecule has 11 nitrogen and oxygen atoms in total. The van der Waals surface area contributed by atoms with Gasteiger partial charge in [-0.3, -0.25) is 0 Å². The summed E-state index contributed by atoms with van der Waals surface area (Å²) in [7, 11) is 0. The molecule has 4 heterocycles. The molecule has 3 aromatic rings. The minimum Gasteiger partial charge on any atom is -0.490 e. The van der Waals surface area contributed by atoms with E-state index in [-0.39, 0.29) is 18.3 Å². The van der Waals surface area contributed by atoms with Crippen LogP contribution in [0.4, 0.5) is 10.6 Å². The van der Waals surface area contributed by atoms with E-state index in [1.807, 2.05) is 59.7 Å². The van der Waals surface area contributed by atoms with Gasteiger partial charge in [0.15, 0.2) is 11.6 Å². The average molecular weight is 556 g/mol. The number of carbonyl (C=O) groups excluding carboxylic acids is 1. The highest BCUT2D eigenvalue weighted by Crippen LogP contribution is 2.33. The van der Waals surface area contributed by atoms with E-state index in [9.17, 15) is 4.79 Å². The van der Waals surface area contributed by atoms with E-state index in [0.717, 1.165) is 35.1 Å². The lowest BCUT2D eigenvalue weighted by Gasteiger charge is -2.33. The predicted octanol–water partition coefficient (Wildman–Crippen LogP) is 4.63. The number of hydrogen-bond donors (Lipinski definition) is 1. The van der Waals surface area contributed by atoms with E-state index < -0.39 is 11.4 Å². The summed E-state index contributed by atoms with van der Waals surface area (Å²) < 4.78 is 31.6. The maximum Gasteiger partial charge on any atom is 0.410 e. The van der Waals surface area contributed by atoms with Crippen molar-refractivity contribution in [3.05, 3.63) is 24.0 Å². The van der Waals surface area contributed by atoms with Crippen LogP contribution < -0.4 is 10.5 Å². The second kappa shape index (κ2) is 11.0. The SMILES string of the molecule is CCOCc1nc2c(N)nc3cc(OC4CCN(C(=O)OC(C)(C)C)CC4)ccc3c2n1CC1COC(C)(C)O1. The van der Waals surface area contributed by atoms with Crippen LogP contribution in [-0.2, 0) is 32.1 Å². The molecule has 0 saturated carbocycles. The number of aromatic nitrogens is 3. The van der Waals surface area contributed by atoms with E-state index in [1.54, 1.807) is 4.90 Å². The van der Waals surface area contributed by atoms with E-state index in [1.165, 1.54) is 0 Å². The molecule has 0 spiro atoms. The van der Waals surface area contributed by atoms with Crippen LogP contribution in [0.5, 0.6) is 5.75 Å². The molecule has 0 radical (unpaired) electrons. The van der Waals surface area contributed by atoms with Crippen molar-refractivity contribution in [1.82, 2.24) is 19.4 Å². The Balaban J connectivity index is 1.38. The number of nitrogen functional groups attached to an aromatic ring is 1. The number of fused-ring (bicyclic) bond motifs is 3. The average Bonchev–Trinajstić information content (AvgIpc) is 3.42. The van der Waals surface area contributed by atoms with Crippen LogP contribution in [0.15, 0.2) is 18.2 Å². The van der Waals surface area contributed by atoms with Crippen molar-refractivity contribution in [1.29, 1.82) is 0 Å². The van der Waals surface area contributed by atoms with Crippen molar-refractivity contribution in [2.45, 2.75) is 91.1 Å². The highest BCUT2D eigenvalue weighted by molar-refractivity contribution is 6.07. The van der Waals surface area contributed by atoms with E-state index in [4.69, 9.17) is 34.4 Å². The Labute approximate surface area is 234 Å². The molecule has 2 aliphatic heterocycles. The van der Waals surface area contributed by atoms with Gasteiger partial charge in [-0.1, -0.05) is 0 Å². The number of carbonyl (C=O) groups is 1. The molecule has 5 rings (SSSR count). The third-order valence-corrected chi connectivity index (χ3v) is 7.04. The zero-order valence-corrected chi connectivity index (χ0v) is 24.4. The quantitative estimate of drug-likeness (QED) is 0.444. The summed E-state index contributed by atoms with van der Waals surface area (Å²) in [6.45, 7) is 14.6. The summed E-state index contributed by atoms with van der Waals surface area (Å²) >= 11 is 0. The number of hydrogen-bond acceptors (Lipinski definition) is 9. The number of imidazole rings is 1. The number of pyridine rings is 1. The van der Waals surface area contributed by atoms with Gasteiger partial charge in [-0.2, -0.15) is 0 Å². The molecule has 1 aromatic carbocycles. The number of benzene rings is 1. The van der Waals surface area contributed by atoms with Crippen molar-refractivity contribution in [2.24, 2.45) is 0 Å². The fourth-order valence-electron chi connectivity index (χ4n) is 5.24. The van der Waals surface area contributed by atoms with Gasteiger partial charge in [-0.05, 0) is 53.7 Å². The van der Waals surface area contributed by atoms with Crippen molar-refractivity contribution >= 4 is 33.8 Å². The highest BCUT2D eigenvalue weighted by atomic mass is 16.7. The van der Waals surface area contributed by atoms with E-state index in [0.29, 0.717) is 56.5 Å². The minimum absolute atomic E-state index is 0.0107. The first-order valence-corrected chi connectivity index (χ1v) is 14.0. The first-order chi connectivity index (χ1) is 18.9. The number of anilines is 1. The standard InChI is InChI=1S/C29H41N5O6/c1-7-36-17-23-32-24-25(34(23)15-20-16-37-29(5,6)39-20)21-9-8-19(14-22(21)31-26(24)30)38-18-10-12-33(13-11-18)27(35)40-28(2,3)4/h8-9,14,18,20H,7,10-13,15-17H2,1-6H3,(H2,30,31). The van der Waals surface area contributed by atoms with Gasteiger partial charge >= 0.3 is 6.09 Å². The Morgan fingerprint density at radius 1 is 1.20 bits per heavy atom. The number of piperidine rings is 1. The van der Waals surface area contributed by atoms with E-state index in [2.05, 4.69) is 9.55 Å². The molecular formula is C29H41N5O6. The van der Waals surface area contributed by atoms with Crippen LogP contribution >= 0.6 is 0 Å². The second-order valence-corrected chi connectivity index (χ2v) is 11.9. The van der Waals surface area contributed by atoms with Crippen LogP contribution in [0.25, 0.3) is 21.9 Å². The van der Waals surface area contributed by atoms with Gasteiger partial charge in [-0.25, -0.2) is 14.8 Å². The van der Waals surface area contributed by atoms with Crippen LogP contribution in [0.1, 0.15) is 60.2 Å². The summed E-state index contributed by atoms with van der Waals surface area (Å²) in [5.41, 5.74) is 8.18. The van der Waals surface area contributed by atoms with Crippen LogP contribution in [0.2, 0.25) is 0 Å². The summed E-state index contributed by atoms with van der Waals surface area (Å²) in [5.74, 6) is 1.21. The third kappa shape index (κ3) is 6.26. The van der Waals surface area contributed by atoms with Gasteiger partial charge in [0, 0.05) is 44.0 Å². The molecule has 218 valence electrons. The molecule has 11 heteroatoms. The number of nitrogens with two attached hydrogens (primary N) is 1. The molecule has 40 heavy (non-hydrogen) atoms. The normalized spacial score (nSPS) is 19.9. The topological polar surface area (TPSA) is 123 Å². The number of nitrogens with zero attached hydrogens (tertiary/aromatic N) is 4. The largest absolute Gasteiger partial charge is 0.490 e. The first-order valence-electron chi connectivity index (χ1n) is 14.0. The Morgan fingerprint density at radius 2 is 1.95 bits per heavy atom. The first kappa shape index (κ1) is 28.4. The monoisotopic (exact) mass is 555 g/mol. The Kier molecular flexibility index (Phi) is 7.82. The van der Waals surface area contributed by atoms with Crippen LogP contribution in [-0.4, -0.2) is 75.4 Å². The van der Waals surface area contributed by atoms with E-state index >= 15 is 0 Å². The molecule has 1 atom stereocenters. The Hall–Kier alpha value is -3.15. The number of ether oxygens (including phenoxy) is 5. The lowest BCUT2D eigenvalue weighted by molar-refractivity contribution is -0.139. The smallest absolute Gasteiger partial charge is 0.410 e. The van der Waals surface area contributed by atoms with Crippen molar-refractivity contribution < 1.29 is 28.5 Å². The maximum atomic E-state index is 12.4. The predicted molar refractivity (Wildman–Crippen MR) is 151 cm³/mol. The molecule has 2 fully saturated rings. The Morgan fingerprint density at radius 3 is 2.60 bits per heavy atom. The summed E-state index contributed by atoms with van der Waals surface area (Å²) in [6.07, 6.45) is 1.02. The molecule has 1 amide bonds. The van der Waals surface area contributed by atoms with Gasteiger partial charge in [-0.15, -0.1) is 0 Å². The number of likely N-dealkylation sites (tertiary alicyclic amines) is 1. The second-order valence-electron chi connectivity index (χ2n) is 11.9. The van der Waals surface area contributed by atoms with Crippen molar-refractivity contribution in [2.75, 3.05) is 32.0 Å². The zero-order valence-electron chi connectivity index (χ0n) is 24.4. The van der Waals surface area contributed by atoms with Gasteiger partial charge < -0.3 is 38.9 Å². The minimum atomic E-state index is -0.626. The lowest BCUT2D eigenvalue weighted by atomic mass is 10.1. The Bertz CT molecular complexity index is 1370. The van der Waals surface area contributed by atoms with Gasteiger partial charge in [0.1, 0.15) is 41.5 Å². The molecule has 2 saturated heterocycles. The third-order valence-electron chi connectivity index (χ3n) is 7.04. The molecular weight excluding hydrogens is 514 g/mol. The van der Waals surface area contributed by atoms with Gasteiger partial charge in [0.25, 0.3) is 0 Å². The summed E-state index contributed by atoms with van der Waals surface area (Å²) in [4.78, 5) is 23.6. The number of amides is 1. The summed E-state index contributed by atoms with van der Waals surface area (Å²) in [5, 5.41) is 0.921. The molecule has 1 unspecified atom stereocenters. The lowest BCUT2D eigenvalue weighted by Crippen LogP contribution is -2.44. The fourth-order valence-corrected chi connectivity index (χ4v) is 5.24. The van der Waals surface area contributed by atoms with Gasteiger partial charge in [0.05, 0.1) is 24.2 Å². The zero-order chi connectivity index (χ0) is 28.7. The van der Waals surface area contributed by atoms with Crippen LogP contribution in [0.3, 0.4) is 0 Å². The molecule has 0 aliphatic carbocycles. The van der Waals surface area contributed by atoms with Gasteiger partial charge in [0.2, 0.25) is 0 Å². The van der Waals surface area contributed by atoms with Crippen molar-refractivity contribution in [3.8, 4) is 5.75 Å². The van der Waals surface area contributed by atoms with Crippen LogP contribution in [0, 0.1) is 0 Å². The maximum absolute atomic E-state index is 12.4. The highest BCUT2D eigenvalue weighted by Gasteiger charge is 2.34. The molecule has 0 bridgehead atoms. The molecule has 2 N–H and O–H groups in total. The summed E-state index contributed by atoms with van der Waals surface area (Å²) in [6, 6.07) is 5.88. The van der Waals surface area contributed by atoms with Crippen molar-refractivity contribution in [3.63, 3.8) is 0 Å². The molecule has 2 aromatic heterocycles.